The van der Waals surface area contributed by atoms with Crippen LogP contribution < -0.4 is 9.64 Å². The lowest BCUT2D eigenvalue weighted by molar-refractivity contribution is -0.384. The third-order valence-electron chi connectivity index (χ3n) is 4.06. The van der Waals surface area contributed by atoms with E-state index in [9.17, 15) is 10.1 Å². The minimum absolute atomic E-state index is 0.0605. The Labute approximate surface area is 134 Å². The molecule has 1 fully saturated rings. The molecule has 1 aromatic carbocycles. The first-order valence-corrected chi connectivity index (χ1v) is 7.79. The van der Waals surface area contributed by atoms with Crippen LogP contribution in [-0.2, 0) is 0 Å². The molecule has 0 bridgehead atoms. The SMILES string of the molecule is CCOc1ccc([C@H]2CCCN2c2ncccc2[N+](=O)[O-])cc1. The van der Waals surface area contributed by atoms with E-state index in [1.807, 2.05) is 36.1 Å². The third-order valence-corrected chi connectivity index (χ3v) is 4.06. The van der Waals surface area contributed by atoms with E-state index in [1.54, 1.807) is 12.3 Å². The van der Waals surface area contributed by atoms with Crippen LogP contribution in [-0.4, -0.2) is 23.1 Å². The van der Waals surface area contributed by atoms with E-state index < -0.39 is 0 Å². The molecule has 1 aromatic heterocycles. The summed E-state index contributed by atoms with van der Waals surface area (Å²) in [5, 5.41) is 11.3. The van der Waals surface area contributed by atoms with Gasteiger partial charge in [-0.25, -0.2) is 4.98 Å². The molecular formula is C17H19N3O3. The van der Waals surface area contributed by atoms with Gasteiger partial charge in [0.2, 0.25) is 5.82 Å². The molecule has 0 radical (unpaired) electrons. The summed E-state index contributed by atoms with van der Waals surface area (Å²) in [5.41, 5.74) is 1.19. The number of rotatable bonds is 5. The number of hydrogen-bond acceptors (Lipinski definition) is 5. The van der Waals surface area contributed by atoms with Crippen LogP contribution in [0, 0.1) is 10.1 Å². The Morgan fingerprint density at radius 3 is 2.83 bits per heavy atom. The Hall–Kier alpha value is -2.63. The first-order chi connectivity index (χ1) is 11.2. The molecule has 1 atom stereocenters. The molecule has 0 amide bonds. The van der Waals surface area contributed by atoms with E-state index in [-0.39, 0.29) is 16.7 Å². The van der Waals surface area contributed by atoms with Crippen LogP contribution in [0.5, 0.6) is 5.75 Å². The van der Waals surface area contributed by atoms with Crippen LogP contribution in [0.25, 0.3) is 0 Å². The molecule has 0 spiro atoms. The number of aromatic nitrogens is 1. The predicted octanol–water partition coefficient (Wildman–Crippen LogP) is 3.73. The minimum Gasteiger partial charge on any atom is -0.494 e. The maximum atomic E-state index is 11.3. The molecule has 3 rings (SSSR count). The van der Waals surface area contributed by atoms with Gasteiger partial charge in [0.1, 0.15) is 5.75 Å². The van der Waals surface area contributed by atoms with Crippen molar-refractivity contribution in [2.75, 3.05) is 18.1 Å². The molecule has 0 saturated carbocycles. The summed E-state index contributed by atoms with van der Waals surface area (Å²) in [6, 6.07) is 11.2. The molecule has 1 aliphatic rings. The Kier molecular flexibility index (Phi) is 4.41. The molecule has 0 aliphatic carbocycles. The van der Waals surface area contributed by atoms with Crippen molar-refractivity contribution in [3.8, 4) is 5.75 Å². The van der Waals surface area contributed by atoms with Crippen molar-refractivity contribution in [2.45, 2.75) is 25.8 Å². The fourth-order valence-electron chi connectivity index (χ4n) is 3.07. The molecule has 2 heterocycles. The highest BCUT2D eigenvalue weighted by Crippen LogP contribution is 2.39. The Balaban J connectivity index is 1.90. The molecule has 120 valence electrons. The van der Waals surface area contributed by atoms with Crippen LogP contribution >= 0.6 is 0 Å². The highest BCUT2D eigenvalue weighted by atomic mass is 16.6. The monoisotopic (exact) mass is 313 g/mol. The first kappa shape index (κ1) is 15.3. The number of nitro groups is 1. The summed E-state index contributed by atoms with van der Waals surface area (Å²) < 4.78 is 5.47. The summed E-state index contributed by atoms with van der Waals surface area (Å²) in [6.07, 6.45) is 3.56. The summed E-state index contributed by atoms with van der Waals surface area (Å²) in [7, 11) is 0. The fourth-order valence-corrected chi connectivity index (χ4v) is 3.07. The maximum Gasteiger partial charge on any atom is 0.311 e. The van der Waals surface area contributed by atoms with Crippen molar-refractivity contribution in [2.24, 2.45) is 0 Å². The third kappa shape index (κ3) is 3.11. The van der Waals surface area contributed by atoms with E-state index in [2.05, 4.69) is 4.98 Å². The predicted molar refractivity (Wildman–Crippen MR) is 87.8 cm³/mol. The summed E-state index contributed by atoms with van der Waals surface area (Å²) in [6.45, 7) is 3.36. The van der Waals surface area contributed by atoms with E-state index in [1.165, 1.54) is 6.07 Å². The highest BCUT2D eigenvalue weighted by molar-refractivity contribution is 5.59. The molecular weight excluding hydrogens is 294 g/mol. The van der Waals surface area contributed by atoms with Crippen molar-refractivity contribution in [1.29, 1.82) is 0 Å². The number of benzene rings is 1. The maximum absolute atomic E-state index is 11.3. The summed E-state index contributed by atoms with van der Waals surface area (Å²) in [4.78, 5) is 17.2. The van der Waals surface area contributed by atoms with Crippen molar-refractivity contribution in [3.63, 3.8) is 0 Å². The van der Waals surface area contributed by atoms with Crippen molar-refractivity contribution < 1.29 is 9.66 Å². The standard InChI is InChI=1S/C17H19N3O3/c1-2-23-14-9-7-13(8-10-14)15-6-4-12-19(15)17-16(20(21)22)5-3-11-18-17/h3,5,7-11,15H,2,4,6,12H2,1H3/t15-/m1/s1. The van der Waals surface area contributed by atoms with Crippen molar-refractivity contribution in [1.82, 2.24) is 4.98 Å². The van der Waals surface area contributed by atoms with Crippen LogP contribution in [0.2, 0.25) is 0 Å². The number of ether oxygens (including phenoxy) is 1. The number of hydrogen-bond donors (Lipinski definition) is 0. The zero-order chi connectivity index (χ0) is 16.2. The largest absolute Gasteiger partial charge is 0.494 e. The van der Waals surface area contributed by atoms with Crippen molar-refractivity contribution in [3.05, 3.63) is 58.3 Å². The normalized spacial score (nSPS) is 17.3. The zero-order valence-corrected chi connectivity index (χ0v) is 13.0. The first-order valence-electron chi connectivity index (χ1n) is 7.79. The topological polar surface area (TPSA) is 68.5 Å². The van der Waals surface area contributed by atoms with Gasteiger partial charge < -0.3 is 9.64 Å². The molecule has 0 unspecified atom stereocenters. The fraction of sp³-hybridized carbons (Fsp3) is 0.353. The van der Waals surface area contributed by atoms with Gasteiger partial charge in [0, 0.05) is 18.8 Å². The van der Waals surface area contributed by atoms with Gasteiger partial charge >= 0.3 is 5.69 Å². The molecule has 23 heavy (non-hydrogen) atoms. The van der Waals surface area contributed by atoms with Gasteiger partial charge in [0.15, 0.2) is 0 Å². The van der Waals surface area contributed by atoms with Crippen LogP contribution in [0.3, 0.4) is 0 Å². The van der Waals surface area contributed by atoms with Gasteiger partial charge in [-0.1, -0.05) is 12.1 Å². The van der Waals surface area contributed by atoms with E-state index in [4.69, 9.17) is 4.74 Å². The molecule has 1 saturated heterocycles. The average Bonchev–Trinajstić information content (AvgIpc) is 3.05. The lowest BCUT2D eigenvalue weighted by Crippen LogP contribution is -2.24. The highest BCUT2D eigenvalue weighted by Gasteiger charge is 2.31. The second-order valence-electron chi connectivity index (χ2n) is 5.46. The van der Waals surface area contributed by atoms with E-state index in [0.717, 1.165) is 30.7 Å². The Morgan fingerprint density at radius 2 is 2.13 bits per heavy atom. The van der Waals surface area contributed by atoms with Gasteiger partial charge in [-0.2, -0.15) is 0 Å². The average molecular weight is 313 g/mol. The van der Waals surface area contributed by atoms with Crippen LogP contribution in [0.15, 0.2) is 42.6 Å². The quantitative estimate of drug-likeness (QED) is 0.621. The summed E-state index contributed by atoms with van der Waals surface area (Å²) >= 11 is 0. The zero-order valence-electron chi connectivity index (χ0n) is 13.0. The molecule has 2 aromatic rings. The number of nitrogens with zero attached hydrogens (tertiary/aromatic N) is 3. The van der Waals surface area contributed by atoms with Gasteiger partial charge in [-0.15, -0.1) is 0 Å². The van der Waals surface area contributed by atoms with Crippen LogP contribution in [0.1, 0.15) is 31.4 Å². The van der Waals surface area contributed by atoms with Crippen LogP contribution in [0.4, 0.5) is 11.5 Å². The van der Waals surface area contributed by atoms with Crippen molar-refractivity contribution >= 4 is 11.5 Å². The van der Waals surface area contributed by atoms with Gasteiger partial charge in [-0.05, 0) is 43.5 Å². The second kappa shape index (κ2) is 6.64. The molecule has 1 aliphatic heterocycles. The number of pyridine rings is 1. The van der Waals surface area contributed by atoms with E-state index >= 15 is 0 Å². The minimum atomic E-state index is -0.365. The Morgan fingerprint density at radius 1 is 1.35 bits per heavy atom. The summed E-state index contributed by atoms with van der Waals surface area (Å²) in [5.74, 6) is 1.29. The lowest BCUT2D eigenvalue weighted by atomic mass is 10.0. The number of anilines is 1. The van der Waals surface area contributed by atoms with Gasteiger partial charge in [0.25, 0.3) is 0 Å². The smallest absolute Gasteiger partial charge is 0.311 e. The Bertz CT molecular complexity index is 688. The van der Waals surface area contributed by atoms with E-state index in [0.29, 0.717) is 12.4 Å². The molecule has 0 N–H and O–H groups in total. The van der Waals surface area contributed by atoms with Gasteiger partial charge in [0.05, 0.1) is 17.6 Å². The van der Waals surface area contributed by atoms with Gasteiger partial charge in [-0.3, -0.25) is 10.1 Å². The molecule has 6 heteroatoms. The second-order valence-corrected chi connectivity index (χ2v) is 5.46. The molecule has 6 nitrogen and oxygen atoms in total. The lowest BCUT2D eigenvalue weighted by Gasteiger charge is -2.25.